The van der Waals surface area contributed by atoms with Crippen LogP contribution in [0, 0.1) is 0 Å². The van der Waals surface area contributed by atoms with Gasteiger partial charge >= 0.3 is 12.1 Å². The average Bonchev–Trinajstić information content (AvgIpc) is 2.99. The first kappa shape index (κ1) is 20.4. The van der Waals surface area contributed by atoms with Crippen LogP contribution in [0.5, 0.6) is 0 Å². The van der Waals surface area contributed by atoms with Gasteiger partial charge in [-0.25, -0.2) is 4.79 Å². The summed E-state index contributed by atoms with van der Waals surface area (Å²) in [6.07, 6.45) is -0.741. The summed E-state index contributed by atoms with van der Waals surface area (Å²) in [4.78, 5) is 35.5. The molecule has 0 saturated carbocycles. The number of nitrogens with one attached hydrogen (secondary N) is 2. The highest BCUT2D eigenvalue weighted by Crippen LogP contribution is 2.44. The maximum Gasteiger partial charge on any atom is 0.408 e. The lowest BCUT2D eigenvalue weighted by Gasteiger charge is -2.26. The molecule has 1 atom stereocenters. The van der Waals surface area contributed by atoms with Crippen molar-refractivity contribution in [2.75, 3.05) is 6.61 Å². The van der Waals surface area contributed by atoms with E-state index in [4.69, 9.17) is 9.84 Å². The highest BCUT2D eigenvalue weighted by Gasteiger charge is 2.33. The van der Waals surface area contributed by atoms with E-state index in [1.54, 1.807) is 0 Å². The number of carboxylic acid groups (broad SMARTS) is 1. The molecule has 1 aliphatic carbocycles. The summed E-state index contributed by atoms with van der Waals surface area (Å²) >= 11 is 0. The lowest BCUT2D eigenvalue weighted by atomic mass is 9.98. The van der Waals surface area contributed by atoms with Crippen molar-refractivity contribution in [1.29, 1.82) is 0 Å². The zero-order valence-electron chi connectivity index (χ0n) is 16.6. The van der Waals surface area contributed by atoms with Gasteiger partial charge in [-0.3, -0.25) is 9.59 Å². The Morgan fingerprint density at radius 1 is 1.03 bits per heavy atom. The van der Waals surface area contributed by atoms with Crippen molar-refractivity contribution < 1.29 is 24.2 Å². The molecule has 0 spiro atoms. The van der Waals surface area contributed by atoms with Crippen LogP contribution >= 0.6 is 0 Å². The molecule has 2 amide bonds. The van der Waals surface area contributed by atoms with Crippen LogP contribution in [0.1, 0.15) is 37.8 Å². The molecular weight excluding hydrogens is 372 g/mol. The number of carboxylic acids is 1. The van der Waals surface area contributed by atoms with Crippen LogP contribution in [0.15, 0.2) is 48.5 Å². The number of aliphatic carboxylic acids is 1. The van der Waals surface area contributed by atoms with Crippen molar-refractivity contribution in [2.24, 2.45) is 0 Å². The van der Waals surface area contributed by atoms with Gasteiger partial charge in [0.2, 0.25) is 5.91 Å². The molecule has 0 radical (unpaired) electrons. The summed E-state index contributed by atoms with van der Waals surface area (Å²) in [7, 11) is 0. The predicted octanol–water partition coefficient (Wildman–Crippen LogP) is 2.89. The van der Waals surface area contributed by atoms with Crippen molar-refractivity contribution in [3.63, 3.8) is 0 Å². The third kappa shape index (κ3) is 4.23. The van der Waals surface area contributed by atoms with Crippen LogP contribution in [-0.2, 0) is 14.3 Å². The molecule has 152 valence electrons. The molecule has 3 rings (SSSR count). The second kappa shape index (κ2) is 7.95. The number of carbonyl (C=O) groups is 3. The van der Waals surface area contributed by atoms with Gasteiger partial charge in [0.25, 0.3) is 0 Å². The second-order valence-corrected chi connectivity index (χ2v) is 7.61. The number of amides is 2. The molecule has 1 aliphatic rings. The lowest BCUT2D eigenvalue weighted by molar-refractivity contribution is -0.142. The number of hydrogen-bond donors (Lipinski definition) is 3. The standard InChI is InChI=1S/C22H24N2O5/c1-13(19(25)26)23-20(27)22(2,3)24-21(28)29-12-18-16-10-6-4-8-14(16)15-9-5-7-11-17(15)18/h4-11,13,18H,12H2,1-3H3,(H,23,27)(H,24,28)(H,25,26)/t13-/m0/s1. The zero-order chi connectivity index (χ0) is 21.2. The molecule has 2 aromatic rings. The van der Waals surface area contributed by atoms with E-state index in [1.807, 2.05) is 48.5 Å². The van der Waals surface area contributed by atoms with Crippen LogP contribution < -0.4 is 10.6 Å². The largest absolute Gasteiger partial charge is 0.480 e. The van der Waals surface area contributed by atoms with Crippen molar-refractivity contribution in [3.05, 3.63) is 59.7 Å². The number of benzene rings is 2. The fourth-order valence-corrected chi connectivity index (χ4v) is 3.39. The van der Waals surface area contributed by atoms with E-state index in [9.17, 15) is 14.4 Å². The number of carbonyl (C=O) groups excluding carboxylic acids is 2. The van der Waals surface area contributed by atoms with Gasteiger partial charge < -0.3 is 20.5 Å². The molecule has 29 heavy (non-hydrogen) atoms. The molecular formula is C22H24N2O5. The first-order chi connectivity index (χ1) is 13.7. The minimum absolute atomic E-state index is 0.0860. The van der Waals surface area contributed by atoms with E-state index in [1.165, 1.54) is 20.8 Å². The molecule has 2 aromatic carbocycles. The van der Waals surface area contributed by atoms with Gasteiger partial charge in [0.15, 0.2) is 0 Å². The minimum Gasteiger partial charge on any atom is -0.480 e. The topological polar surface area (TPSA) is 105 Å². The van der Waals surface area contributed by atoms with Crippen LogP contribution in [0.25, 0.3) is 11.1 Å². The first-order valence-corrected chi connectivity index (χ1v) is 9.37. The van der Waals surface area contributed by atoms with E-state index < -0.39 is 29.6 Å². The van der Waals surface area contributed by atoms with Crippen molar-refractivity contribution in [2.45, 2.75) is 38.3 Å². The third-order valence-corrected chi connectivity index (χ3v) is 5.04. The first-order valence-electron chi connectivity index (χ1n) is 9.37. The van der Waals surface area contributed by atoms with Gasteiger partial charge in [-0.15, -0.1) is 0 Å². The summed E-state index contributed by atoms with van der Waals surface area (Å²) in [6, 6.07) is 14.9. The van der Waals surface area contributed by atoms with E-state index >= 15 is 0 Å². The third-order valence-electron chi connectivity index (χ3n) is 5.04. The van der Waals surface area contributed by atoms with E-state index in [-0.39, 0.29) is 12.5 Å². The summed E-state index contributed by atoms with van der Waals surface area (Å²) in [5.41, 5.74) is 3.10. The Morgan fingerprint density at radius 2 is 1.55 bits per heavy atom. The molecule has 0 heterocycles. The SMILES string of the molecule is C[C@H](NC(=O)C(C)(C)NC(=O)OCC1c2ccccc2-c2ccccc21)C(=O)O. The van der Waals surface area contributed by atoms with Crippen LogP contribution in [-0.4, -0.2) is 41.3 Å². The Morgan fingerprint density at radius 3 is 2.07 bits per heavy atom. The monoisotopic (exact) mass is 396 g/mol. The fraction of sp³-hybridized carbons (Fsp3) is 0.318. The van der Waals surface area contributed by atoms with Gasteiger partial charge in [-0.2, -0.15) is 0 Å². The Balaban J connectivity index is 1.65. The number of fused-ring (bicyclic) bond motifs is 3. The van der Waals surface area contributed by atoms with Crippen LogP contribution in [0.3, 0.4) is 0 Å². The van der Waals surface area contributed by atoms with Crippen molar-refractivity contribution >= 4 is 18.0 Å². The molecule has 7 heteroatoms. The molecule has 0 unspecified atom stereocenters. The highest BCUT2D eigenvalue weighted by molar-refractivity contribution is 5.91. The summed E-state index contributed by atoms with van der Waals surface area (Å²) in [6.45, 7) is 4.45. The van der Waals surface area contributed by atoms with Crippen molar-refractivity contribution in [3.8, 4) is 11.1 Å². The minimum atomic E-state index is -1.33. The molecule has 7 nitrogen and oxygen atoms in total. The van der Waals surface area contributed by atoms with Gasteiger partial charge in [-0.1, -0.05) is 48.5 Å². The predicted molar refractivity (Wildman–Crippen MR) is 108 cm³/mol. The Kier molecular flexibility index (Phi) is 5.59. The van der Waals surface area contributed by atoms with E-state index in [0.29, 0.717) is 0 Å². The molecule has 0 aliphatic heterocycles. The van der Waals surface area contributed by atoms with E-state index in [2.05, 4.69) is 10.6 Å². The van der Waals surface area contributed by atoms with Gasteiger partial charge in [0, 0.05) is 5.92 Å². The van der Waals surface area contributed by atoms with Crippen molar-refractivity contribution in [1.82, 2.24) is 10.6 Å². The number of hydrogen-bond acceptors (Lipinski definition) is 4. The second-order valence-electron chi connectivity index (χ2n) is 7.61. The summed E-state index contributed by atoms with van der Waals surface area (Å²) in [5.74, 6) is -1.85. The molecule has 0 saturated heterocycles. The number of alkyl carbamates (subject to hydrolysis) is 1. The van der Waals surface area contributed by atoms with E-state index in [0.717, 1.165) is 22.3 Å². The summed E-state index contributed by atoms with van der Waals surface area (Å²) in [5, 5.41) is 13.8. The van der Waals surface area contributed by atoms with Crippen LogP contribution in [0.2, 0.25) is 0 Å². The smallest absolute Gasteiger partial charge is 0.408 e. The molecule has 0 bridgehead atoms. The number of rotatable bonds is 6. The van der Waals surface area contributed by atoms with Gasteiger partial charge in [-0.05, 0) is 43.0 Å². The summed E-state index contributed by atoms with van der Waals surface area (Å²) < 4.78 is 5.43. The molecule has 3 N–H and O–H groups in total. The number of ether oxygens (including phenoxy) is 1. The van der Waals surface area contributed by atoms with Crippen LogP contribution in [0.4, 0.5) is 4.79 Å². The Bertz CT molecular complexity index is 908. The maximum absolute atomic E-state index is 12.3. The molecule has 0 aromatic heterocycles. The van der Waals surface area contributed by atoms with Gasteiger partial charge in [0.1, 0.15) is 18.2 Å². The fourth-order valence-electron chi connectivity index (χ4n) is 3.39. The highest BCUT2D eigenvalue weighted by atomic mass is 16.5. The van der Waals surface area contributed by atoms with Gasteiger partial charge in [0.05, 0.1) is 0 Å². The average molecular weight is 396 g/mol. The quantitative estimate of drug-likeness (QED) is 0.696. The Labute approximate surface area is 169 Å². The Hall–Kier alpha value is -3.35. The lowest BCUT2D eigenvalue weighted by Crippen LogP contribution is -2.57. The maximum atomic E-state index is 12.3. The normalized spacial score (nSPS) is 13.8. The zero-order valence-corrected chi connectivity index (χ0v) is 16.6. The molecule has 0 fully saturated rings.